The molecule has 3 atom stereocenters. The lowest BCUT2D eigenvalue weighted by Gasteiger charge is -2.27. The molecule has 21 heavy (non-hydrogen) atoms. The van der Waals surface area contributed by atoms with E-state index in [9.17, 15) is 4.79 Å². The van der Waals surface area contributed by atoms with Crippen molar-refractivity contribution in [2.75, 3.05) is 20.1 Å². The summed E-state index contributed by atoms with van der Waals surface area (Å²) in [5.74, 6) is 0.363. The molecule has 124 valence electrons. The lowest BCUT2D eigenvalue weighted by atomic mass is 10.0. The molecule has 1 saturated heterocycles. The first-order valence-electron chi connectivity index (χ1n) is 8.01. The van der Waals surface area contributed by atoms with Crippen molar-refractivity contribution in [2.45, 2.75) is 71.7 Å². The van der Waals surface area contributed by atoms with Crippen LogP contribution in [0.1, 0.15) is 48.0 Å². The molecule has 0 aliphatic carbocycles. The first-order chi connectivity index (χ1) is 9.58. The van der Waals surface area contributed by atoms with Gasteiger partial charge < -0.3 is 20.3 Å². The zero-order valence-electron chi connectivity index (χ0n) is 14.7. The minimum atomic E-state index is -0.456. The molecule has 0 aromatic rings. The van der Waals surface area contributed by atoms with Crippen LogP contribution in [0.25, 0.3) is 0 Å². The number of carbonyl (C=O) groups is 1. The van der Waals surface area contributed by atoms with Gasteiger partial charge in [-0.25, -0.2) is 4.79 Å². The van der Waals surface area contributed by atoms with Crippen molar-refractivity contribution in [3.8, 4) is 0 Å². The number of hydrogen-bond acceptors (Lipinski definition) is 4. The van der Waals surface area contributed by atoms with Crippen LogP contribution in [0.15, 0.2) is 0 Å². The highest BCUT2D eigenvalue weighted by molar-refractivity contribution is 5.68. The maximum absolute atomic E-state index is 11.9. The average Bonchev–Trinajstić information content (AvgIpc) is 2.61. The average molecular weight is 299 g/mol. The fraction of sp³-hybridized carbons (Fsp3) is 0.938. The van der Waals surface area contributed by atoms with E-state index in [0.717, 1.165) is 19.5 Å². The molecule has 0 radical (unpaired) electrons. The van der Waals surface area contributed by atoms with Crippen LogP contribution in [0.2, 0.25) is 0 Å². The maximum Gasteiger partial charge on any atom is 0.407 e. The molecular formula is C16H33N3O2. The second-order valence-corrected chi connectivity index (χ2v) is 7.63. The highest BCUT2D eigenvalue weighted by Gasteiger charge is 2.27. The van der Waals surface area contributed by atoms with Crippen molar-refractivity contribution in [3.05, 3.63) is 0 Å². The Labute approximate surface area is 129 Å². The Morgan fingerprint density at radius 1 is 1.38 bits per heavy atom. The summed E-state index contributed by atoms with van der Waals surface area (Å²) in [5.41, 5.74) is -0.456. The normalized spacial score (nSPS) is 25.1. The van der Waals surface area contributed by atoms with E-state index in [0.29, 0.717) is 18.0 Å². The second kappa shape index (κ2) is 7.45. The van der Waals surface area contributed by atoms with Crippen LogP contribution in [-0.4, -0.2) is 54.9 Å². The third-order valence-electron chi connectivity index (χ3n) is 4.02. The van der Waals surface area contributed by atoms with Gasteiger partial charge >= 0.3 is 6.09 Å². The van der Waals surface area contributed by atoms with E-state index < -0.39 is 5.60 Å². The minimum Gasteiger partial charge on any atom is -0.444 e. The Morgan fingerprint density at radius 2 is 2.00 bits per heavy atom. The number of nitrogens with zero attached hydrogens (tertiary/aromatic N) is 1. The third-order valence-corrected chi connectivity index (χ3v) is 4.02. The van der Waals surface area contributed by atoms with Crippen LogP contribution >= 0.6 is 0 Å². The molecule has 3 unspecified atom stereocenters. The first kappa shape index (κ1) is 18.2. The van der Waals surface area contributed by atoms with Gasteiger partial charge in [0, 0.05) is 31.2 Å². The van der Waals surface area contributed by atoms with Crippen molar-refractivity contribution < 1.29 is 9.53 Å². The highest BCUT2D eigenvalue weighted by atomic mass is 16.6. The van der Waals surface area contributed by atoms with Gasteiger partial charge in [0.2, 0.25) is 0 Å². The Balaban J connectivity index is 2.42. The van der Waals surface area contributed by atoms with E-state index in [1.54, 1.807) is 0 Å². The zero-order valence-corrected chi connectivity index (χ0v) is 14.7. The summed E-state index contributed by atoms with van der Waals surface area (Å²) >= 11 is 0. The molecule has 1 fully saturated rings. The fourth-order valence-corrected chi connectivity index (χ4v) is 2.55. The molecule has 1 heterocycles. The van der Waals surface area contributed by atoms with Gasteiger partial charge in [-0.2, -0.15) is 0 Å². The summed E-state index contributed by atoms with van der Waals surface area (Å²) in [4.78, 5) is 14.3. The van der Waals surface area contributed by atoms with Crippen molar-refractivity contribution >= 4 is 6.09 Å². The minimum absolute atomic E-state index is 0.0843. The number of amides is 1. The molecule has 0 spiro atoms. The van der Waals surface area contributed by atoms with Crippen LogP contribution in [0.5, 0.6) is 0 Å². The molecule has 0 saturated carbocycles. The van der Waals surface area contributed by atoms with Gasteiger partial charge in [0.25, 0.3) is 0 Å². The monoisotopic (exact) mass is 299 g/mol. The van der Waals surface area contributed by atoms with Gasteiger partial charge in [0.05, 0.1) is 0 Å². The van der Waals surface area contributed by atoms with Crippen LogP contribution in [0.4, 0.5) is 4.79 Å². The smallest absolute Gasteiger partial charge is 0.407 e. The third kappa shape index (κ3) is 6.66. The molecule has 1 aliphatic rings. The van der Waals surface area contributed by atoms with Crippen LogP contribution in [0, 0.1) is 5.92 Å². The Hall–Kier alpha value is -0.810. The summed E-state index contributed by atoms with van der Waals surface area (Å²) in [6.07, 6.45) is 0.827. The molecule has 0 bridgehead atoms. The molecule has 2 N–H and O–H groups in total. The number of carbonyl (C=O) groups excluding carboxylic acids is 1. The molecule has 0 aromatic carbocycles. The summed E-state index contributed by atoms with van der Waals surface area (Å²) in [7, 11) is 2.16. The van der Waals surface area contributed by atoms with E-state index in [2.05, 4.69) is 43.4 Å². The van der Waals surface area contributed by atoms with Gasteiger partial charge in [-0.3, -0.25) is 0 Å². The van der Waals surface area contributed by atoms with Crippen LogP contribution in [0.3, 0.4) is 0 Å². The summed E-state index contributed by atoms with van der Waals surface area (Å²) in [6.45, 7) is 14.0. The van der Waals surface area contributed by atoms with Gasteiger partial charge in [-0.05, 0) is 47.1 Å². The summed E-state index contributed by atoms with van der Waals surface area (Å²) < 4.78 is 5.34. The maximum atomic E-state index is 11.9. The van der Waals surface area contributed by atoms with Crippen LogP contribution < -0.4 is 10.6 Å². The van der Waals surface area contributed by atoms with E-state index >= 15 is 0 Å². The van der Waals surface area contributed by atoms with Gasteiger partial charge in [-0.15, -0.1) is 0 Å². The fourth-order valence-electron chi connectivity index (χ4n) is 2.55. The lowest BCUT2D eigenvalue weighted by Crippen LogP contribution is -2.49. The van der Waals surface area contributed by atoms with Crippen molar-refractivity contribution in [3.63, 3.8) is 0 Å². The predicted molar refractivity (Wildman–Crippen MR) is 86.5 cm³/mol. The van der Waals surface area contributed by atoms with E-state index in [1.165, 1.54) is 0 Å². The second-order valence-electron chi connectivity index (χ2n) is 7.63. The number of likely N-dealkylation sites (tertiary alicyclic amines) is 1. The molecule has 1 rings (SSSR count). The molecule has 5 nitrogen and oxygen atoms in total. The van der Waals surface area contributed by atoms with E-state index in [-0.39, 0.29) is 12.1 Å². The molecule has 1 aliphatic heterocycles. The number of rotatable bonds is 5. The quantitative estimate of drug-likeness (QED) is 0.817. The van der Waals surface area contributed by atoms with Crippen molar-refractivity contribution in [1.82, 2.24) is 15.5 Å². The predicted octanol–water partition coefficient (Wildman–Crippen LogP) is 2.22. The molecule has 0 aromatic heterocycles. The zero-order chi connectivity index (χ0) is 16.2. The number of hydrogen-bond donors (Lipinski definition) is 2. The standard InChI is InChI=1S/C16H33N3O2/c1-11(2)14(18-15(20)21-16(4,5)6)9-17-13-8-12(3)19(7)10-13/h11-14,17H,8-10H2,1-7H3,(H,18,20). The van der Waals surface area contributed by atoms with Crippen molar-refractivity contribution in [1.29, 1.82) is 0 Å². The lowest BCUT2D eigenvalue weighted by molar-refractivity contribution is 0.0489. The molecule has 1 amide bonds. The Kier molecular flexibility index (Phi) is 6.47. The number of nitrogens with one attached hydrogen (secondary N) is 2. The highest BCUT2D eigenvalue weighted by Crippen LogP contribution is 2.15. The van der Waals surface area contributed by atoms with Gasteiger partial charge in [0.15, 0.2) is 0 Å². The van der Waals surface area contributed by atoms with Gasteiger partial charge in [-0.1, -0.05) is 13.8 Å². The van der Waals surface area contributed by atoms with E-state index in [1.807, 2.05) is 20.8 Å². The first-order valence-corrected chi connectivity index (χ1v) is 8.01. The Morgan fingerprint density at radius 3 is 2.43 bits per heavy atom. The molecule has 5 heteroatoms. The molecular weight excluding hydrogens is 266 g/mol. The number of ether oxygens (including phenoxy) is 1. The topological polar surface area (TPSA) is 53.6 Å². The largest absolute Gasteiger partial charge is 0.444 e. The van der Waals surface area contributed by atoms with Crippen molar-refractivity contribution in [2.24, 2.45) is 5.92 Å². The summed E-state index contributed by atoms with van der Waals surface area (Å²) in [5, 5.41) is 6.56. The number of alkyl carbamates (subject to hydrolysis) is 1. The van der Waals surface area contributed by atoms with Gasteiger partial charge in [0.1, 0.15) is 5.60 Å². The van der Waals surface area contributed by atoms with Crippen LogP contribution in [-0.2, 0) is 4.74 Å². The summed E-state index contributed by atoms with van der Waals surface area (Å²) in [6, 6.07) is 1.21. The Bertz CT molecular complexity index is 329. The number of likely N-dealkylation sites (N-methyl/N-ethyl adjacent to an activating group) is 1. The SMILES string of the molecule is CC(C)C(CNC1CC(C)N(C)C1)NC(=O)OC(C)(C)C. The van der Waals surface area contributed by atoms with E-state index in [4.69, 9.17) is 4.74 Å².